The van der Waals surface area contributed by atoms with Crippen LogP contribution in [0.2, 0.25) is 0 Å². The fourth-order valence-electron chi connectivity index (χ4n) is 2.01. The number of aryl methyl sites for hydroxylation is 1. The van der Waals surface area contributed by atoms with E-state index in [-0.39, 0.29) is 0 Å². The van der Waals surface area contributed by atoms with Gasteiger partial charge in [0, 0.05) is 12.2 Å². The van der Waals surface area contributed by atoms with Gasteiger partial charge >= 0.3 is 0 Å². The van der Waals surface area contributed by atoms with Crippen LogP contribution < -0.4 is 15.8 Å². The lowest BCUT2D eigenvalue weighted by atomic mass is 10.3. The third-order valence-corrected chi connectivity index (χ3v) is 4.13. The molecule has 5 nitrogen and oxygen atoms in total. The summed E-state index contributed by atoms with van der Waals surface area (Å²) in [5.41, 5.74) is 8.54. The summed E-state index contributed by atoms with van der Waals surface area (Å²) in [6.45, 7) is 3.09. The summed E-state index contributed by atoms with van der Waals surface area (Å²) in [6, 6.07) is 7.74. The van der Waals surface area contributed by atoms with Crippen LogP contribution in [0.1, 0.15) is 5.56 Å². The van der Waals surface area contributed by atoms with E-state index in [1.54, 1.807) is 17.7 Å². The largest absolute Gasteiger partial charge is 0.492 e. The van der Waals surface area contributed by atoms with Gasteiger partial charge in [0.2, 0.25) is 0 Å². The van der Waals surface area contributed by atoms with Crippen molar-refractivity contribution >= 4 is 33.1 Å². The van der Waals surface area contributed by atoms with Gasteiger partial charge < -0.3 is 15.8 Å². The van der Waals surface area contributed by atoms with Gasteiger partial charge in [-0.2, -0.15) is 0 Å². The van der Waals surface area contributed by atoms with E-state index in [1.807, 2.05) is 24.3 Å². The molecule has 0 saturated carbocycles. The topological polar surface area (TPSA) is 73.1 Å². The van der Waals surface area contributed by atoms with Crippen molar-refractivity contribution < 1.29 is 4.74 Å². The Balaban J connectivity index is 1.82. The minimum Gasteiger partial charge on any atom is -0.492 e. The summed E-state index contributed by atoms with van der Waals surface area (Å²) in [5, 5.41) is 5.41. The number of fused-ring (bicyclic) bond motifs is 1. The molecule has 21 heavy (non-hydrogen) atoms. The Morgan fingerprint density at radius 3 is 2.81 bits per heavy atom. The molecule has 0 amide bonds. The molecule has 0 aliphatic heterocycles. The second-order valence-electron chi connectivity index (χ2n) is 4.61. The maximum absolute atomic E-state index is 5.46. The molecule has 0 bridgehead atoms. The number of nitrogens with one attached hydrogen (secondary N) is 1. The van der Waals surface area contributed by atoms with E-state index in [4.69, 9.17) is 10.5 Å². The van der Waals surface area contributed by atoms with Crippen LogP contribution in [0.5, 0.6) is 5.75 Å². The van der Waals surface area contributed by atoms with E-state index in [0.717, 1.165) is 27.5 Å². The average molecular weight is 300 g/mol. The van der Waals surface area contributed by atoms with Crippen LogP contribution in [-0.2, 0) is 0 Å². The highest BCUT2D eigenvalue weighted by molar-refractivity contribution is 7.18. The fourth-order valence-corrected chi connectivity index (χ4v) is 2.95. The molecule has 2 heterocycles. The Kier molecular flexibility index (Phi) is 3.98. The van der Waals surface area contributed by atoms with Crippen molar-refractivity contribution in [3.8, 4) is 5.75 Å². The first kappa shape index (κ1) is 13.8. The van der Waals surface area contributed by atoms with Crippen LogP contribution in [0.25, 0.3) is 10.2 Å². The zero-order chi connectivity index (χ0) is 14.7. The van der Waals surface area contributed by atoms with Crippen LogP contribution >= 0.6 is 11.3 Å². The molecule has 0 aliphatic rings. The monoisotopic (exact) mass is 300 g/mol. The predicted octanol–water partition coefficient (Wildman–Crippen LogP) is 3.08. The molecule has 0 saturated heterocycles. The number of hydrogen-bond donors (Lipinski definition) is 2. The summed E-state index contributed by atoms with van der Waals surface area (Å²) in [6.07, 6.45) is 1.59. The fraction of sp³-hybridized carbons (Fsp3) is 0.200. The van der Waals surface area contributed by atoms with Crippen LogP contribution in [0.15, 0.2) is 36.0 Å². The average Bonchev–Trinajstić information content (AvgIpc) is 2.89. The molecule has 0 unspecified atom stereocenters. The Labute approximate surface area is 126 Å². The van der Waals surface area contributed by atoms with Gasteiger partial charge in [-0.25, -0.2) is 9.97 Å². The van der Waals surface area contributed by atoms with Gasteiger partial charge in [-0.1, -0.05) is 0 Å². The van der Waals surface area contributed by atoms with Crippen LogP contribution in [0, 0.1) is 6.92 Å². The van der Waals surface area contributed by atoms with Gasteiger partial charge in [0.05, 0.1) is 10.2 Å². The van der Waals surface area contributed by atoms with Crippen molar-refractivity contribution in [2.75, 3.05) is 18.5 Å². The van der Waals surface area contributed by atoms with E-state index in [2.05, 4.69) is 27.6 Å². The highest BCUT2D eigenvalue weighted by Crippen LogP contribution is 2.30. The number of nitrogens with zero attached hydrogens (tertiary/aromatic N) is 2. The molecular formula is C15H16N4OS. The molecule has 0 fully saturated rings. The van der Waals surface area contributed by atoms with Crippen molar-refractivity contribution in [3.05, 3.63) is 41.5 Å². The minimum atomic E-state index is 0.511. The smallest absolute Gasteiger partial charge is 0.151 e. The van der Waals surface area contributed by atoms with Gasteiger partial charge in [0.1, 0.15) is 18.7 Å². The molecule has 1 aromatic carbocycles. The van der Waals surface area contributed by atoms with Crippen molar-refractivity contribution in [3.63, 3.8) is 0 Å². The van der Waals surface area contributed by atoms with Crippen molar-refractivity contribution in [2.45, 2.75) is 6.92 Å². The summed E-state index contributed by atoms with van der Waals surface area (Å²) in [7, 11) is 0. The number of rotatable bonds is 5. The maximum Gasteiger partial charge on any atom is 0.151 e. The number of thiophene rings is 1. The second kappa shape index (κ2) is 6.07. The Morgan fingerprint density at radius 2 is 2.05 bits per heavy atom. The summed E-state index contributed by atoms with van der Waals surface area (Å²) in [4.78, 5) is 8.65. The molecule has 3 N–H and O–H groups in total. The normalized spacial score (nSPS) is 10.8. The predicted molar refractivity (Wildman–Crippen MR) is 86.4 cm³/mol. The molecule has 0 spiro atoms. The SMILES string of the molecule is Cc1csc2c(Nc3ccc(OCCN)cc3)ncnc12. The second-order valence-corrected chi connectivity index (χ2v) is 5.48. The van der Waals surface area contributed by atoms with E-state index < -0.39 is 0 Å². The van der Waals surface area contributed by atoms with E-state index in [1.165, 1.54) is 5.56 Å². The van der Waals surface area contributed by atoms with Crippen LogP contribution in [-0.4, -0.2) is 23.1 Å². The number of benzene rings is 1. The van der Waals surface area contributed by atoms with E-state index >= 15 is 0 Å². The van der Waals surface area contributed by atoms with Gasteiger partial charge in [-0.05, 0) is 42.1 Å². The first-order valence-corrected chi connectivity index (χ1v) is 7.54. The molecule has 0 atom stereocenters. The summed E-state index contributed by atoms with van der Waals surface area (Å²) < 4.78 is 6.53. The van der Waals surface area contributed by atoms with Gasteiger partial charge in [-0.3, -0.25) is 0 Å². The molecule has 6 heteroatoms. The standard InChI is InChI=1S/C15H16N4OS/c1-10-8-21-14-13(10)17-9-18-15(14)19-11-2-4-12(5-3-11)20-7-6-16/h2-5,8-9H,6-7,16H2,1H3,(H,17,18,19). The molecule has 0 radical (unpaired) electrons. The Bertz CT molecular complexity index is 739. The third-order valence-electron chi connectivity index (χ3n) is 3.03. The number of anilines is 2. The number of hydrogen-bond acceptors (Lipinski definition) is 6. The molecule has 0 aliphatic carbocycles. The highest BCUT2D eigenvalue weighted by Gasteiger charge is 2.08. The number of aromatic nitrogens is 2. The Morgan fingerprint density at radius 1 is 1.24 bits per heavy atom. The highest BCUT2D eigenvalue weighted by atomic mass is 32.1. The van der Waals surface area contributed by atoms with Crippen molar-refractivity contribution in [1.29, 1.82) is 0 Å². The zero-order valence-electron chi connectivity index (χ0n) is 11.7. The molecule has 108 valence electrons. The number of nitrogens with two attached hydrogens (primary N) is 1. The third kappa shape index (κ3) is 2.96. The molecular weight excluding hydrogens is 284 g/mol. The molecule has 3 aromatic rings. The van der Waals surface area contributed by atoms with Crippen LogP contribution in [0.4, 0.5) is 11.5 Å². The van der Waals surface area contributed by atoms with Crippen LogP contribution in [0.3, 0.4) is 0 Å². The lowest BCUT2D eigenvalue weighted by molar-refractivity contribution is 0.328. The van der Waals surface area contributed by atoms with Gasteiger partial charge in [0.25, 0.3) is 0 Å². The Hall–Kier alpha value is -2.18. The zero-order valence-corrected chi connectivity index (χ0v) is 12.5. The van der Waals surface area contributed by atoms with E-state index in [9.17, 15) is 0 Å². The molecule has 2 aromatic heterocycles. The van der Waals surface area contributed by atoms with Crippen molar-refractivity contribution in [1.82, 2.24) is 9.97 Å². The van der Waals surface area contributed by atoms with E-state index in [0.29, 0.717) is 13.2 Å². The lowest BCUT2D eigenvalue weighted by Gasteiger charge is -2.08. The minimum absolute atomic E-state index is 0.511. The first-order valence-electron chi connectivity index (χ1n) is 6.66. The van der Waals surface area contributed by atoms with Gasteiger partial charge in [0.15, 0.2) is 5.82 Å². The lowest BCUT2D eigenvalue weighted by Crippen LogP contribution is -2.10. The maximum atomic E-state index is 5.46. The first-order chi connectivity index (χ1) is 10.3. The number of ether oxygens (including phenoxy) is 1. The summed E-state index contributed by atoms with van der Waals surface area (Å²) in [5.74, 6) is 1.64. The molecule has 3 rings (SSSR count). The van der Waals surface area contributed by atoms with Crippen molar-refractivity contribution in [2.24, 2.45) is 5.73 Å². The van der Waals surface area contributed by atoms with Gasteiger partial charge in [-0.15, -0.1) is 11.3 Å². The quantitative estimate of drug-likeness (QED) is 0.757. The summed E-state index contributed by atoms with van der Waals surface area (Å²) >= 11 is 1.65.